The molecule has 0 saturated carbocycles. The van der Waals surface area contributed by atoms with Crippen LogP contribution in [0.5, 0.6) is 0 Å². The van der Waals surface area contributed by atoms with E-state index in [1.165, 1.54) is 0 Å². The van der Waals surface area contributed by atoms with E-state index in [9.17, 15) is 9.59 Å². The number of carbonyl (C=O) groups is 2. The average molecular weight is 304 g/mol. The molecule has 0 bridgehead atoms. The fraction of sp³-hybridized carbons (Fsp3) is 0.529. The third kappa shape index (κ3) is 4.07. The first-order valence-electron chi connectivity index (χ1n) is 7.83. The number of hydrogen-bond donors (Lipinski definition) is 1. The first-order valence-corrected chi connectivity index (χ1v) is 7.83. The minimum absolute atomic E-state index is 0.0270. The highest BCUT2D eigenvalue weighted by Gasteiger charge is 2.27. The number of benzene rings is 1. The Morgan fingerprint density at radius 1 is 1.41 bits per heavy atom. The molecule has 1 saturated heterocycles. The lowest BCUT2D eigenvalue weighted by atomic mass is 9.98. The van der Waals surface area contributed by atoms with Crippen LogP contribution in [0.25, 0.3) is 0 Å². The quantitative estimate of drug-likeness (QED) is 0.905. The number of amides is 1. The van der Waals surface area contributed by atoms with Crippen LogP contribution in [-0.2, 0) is 9.59 Å². The van der Waals surface area contributed by atoms with E-state index in [2.05, 4.69) is 0 Å². The van der Waals surface area contributed by atoms with Gasteiger partial charge in [-0.1, -0.05) is 12.1 Å². The Hall–Kier alpha value is -1.88. The number of hydrogen-bond acceptors (Lipinski definition) is 3. The van der Waals surface area contributed by atoms with Gasteiger partial charge < -0.3 is 10.0 Å². The number of carboxylic acids is 1. The van der Waals surface area contributed by atoms with Gasteiger partial charge in [0.1, 0.15) is 0 Å². The van der Waals surface area contributed by atoms with Gasteiger partial charge in [0.25, 0.3) is 0 Å². The lowest BCUT2D eigenvalue weighted by molar-refractivity contribution is -0.144. The molecule has 120 valence electrons. The van der Waals surface area contributed by atoms with Crippen molar-refractivity contribution in [1.82, 2.24) is 4.90 Å². The number of rotatable bonds is 5. The molecule has 5 nitrogen and oxygen atoms in total. The van der Waals surface area contributed by atoms with Gasteiger partial charge in [0.2, 0.25) is 5.91 Å². The van der Waals surface area contributed by atoms with Crippen LogP contribution in [0.15, 0.2) is 24.3 Å². The minimum Gasteiger partial charge on any atom is -0.481 e. The Morgan fingerprint density at radius 3 is 2.82 bits per heavy atom. The molecule has 5 heteroatoms. The molecule has 1 aliphatic heterocycles. The lowest BCUT2D eigenvalue weighted by Crippen LogP contribution is -2.45. The Labute approximate surface area is 131 Å². The van der Waals surface area contributed by atoms with Crippen molar-refractivity contribution in [3.05, 3.63) is 29.8 Å². The monoisotopic (exact) mass is 304 g/mol. The van der Waals surface area contributed by atoms with Crippen LogP contribution in [0.1, 0.15) is 25.3 Å². The summed E-state index contributed by atoms with van der Waals surface area (Å²) in [7, 11) is 0. The lowest BCUT2D eigenvalue weighted by Gasteiger charge is -2.32. The molecule has 0 radical (unpaired) electrons. The molecule has 0 aliphatic carbocycles. The fourth-order valence-corrected chi connectivity index (χ4v) is 2.98. The number of nitrogens with zero attached hydrogens (tertiary/aromatic N) is 2. The van der Waals surface area contributed by atoms with Gasteiger partial charge in [0.15, 0.2) is 0 Å². The fourth-order valence-electron chi connectivity index (χ4n) is 2.98. The molecular weight excluding hydrogens is 280 g/mol. The van der Waals surface area contributed by atoms with Crippen molar-refractivity contribution in [2.75, 3.05) is 31.1 Å². The van der Waals surface area contributed by atoms with Gasteiger partial charge in [0.05, 0.1) is 12.5 Å². The summed E-state index contributed by atoms with van der Waals surface area (Å²) >= 11 is 0. The van der Waals surface area contributed by atoms with Crippen LogP contribution in [-0.4, -0.2) is 48.1 Å². The predicted molar refractivity (Wildman–Crippen MR) is 86.0 cm³/mol. The number of likely N-dealkylation sites (tertiary alicyclic amines) is 1. The molecule has 2 rings (SSSR count). The number of carboxylic acid groups (broad SMARTS) is 1. The third-order valence-electron chi connectivity index (χ3n) is 4.14. The number of aryl methyl sites for hydroxylation is 1. The second-order valence-electron chi connectivity index (χ2n) is 5.89. The standard InChI is InChI=1S/C17H24N2O3/c1-3-19(15-8-4-6-13(2)10-15)16(20)12-18-9-5-7-14(11-18)17(21)22/h4,6,8,10,14H,3,5,7,9,11-12H2,1-2H3,(H,21,22). The molecule has 0 aromatic heterocycles. The molecule has 1 amide bonds. The van der Waals surface area contributed by atoms with E-state index < -0.39 is 5.97 Å². The molecule has 1 N–H and O–H groups in total. The number of piperidine rings is 1. The Bertz CT molecular complexity index is 544. The van der Waals surface area contributed by atoms with Crippen molar-refractivity contribution in [2.45, 2.75) is 26.7 Å². The molecule has 1 unspecified atom stereocenters. The molecule has 1 heterocycles. The summed E-state index contributed by atoms with van der Waals surface area (Å²) < 4.78 is 0. The molecule has 22 heavy (non-hydrogen) atoms. The van der Waals surface area contributed by atoms with Gasteiger partial charge in [-0.3, -0.25) is 14.5 Å². The van der Waals surface area contributed by atoms with E-state index >= 15 is 0 Å². The maximum atomic E-state index is 12.6. The van der Waals surface area contributed by atoms with Gasteiger partial charge in [-0.2, -0.15) is 0 Å². The molecular formula is C17H24N2O3. The average Bonchev–Trinajstić information content (AvgIpc) is 2.48. The molecule has 1 fully saturated rings. The first-order chi connectivity index (χ1) is 10.5. The van der Waals surface area contributed by atoms with Gasteiger partial charge in [0, 0.05) is 18.8 Å². The number of anilines is 1. The summed E-state index contributed by atoms with van der Waals surface area (Å²) in [5, 5.41) is 9.13. The predicted octanol–water partition coefficient (Wildman–Crippen LogP) is 2.14. The van der Waals surface area contributed by atoms with E-state index in [-0.39, 0.29) is 18.4 Å². The molecule has 1 aromatic rings. The van der Waals surface area contributed by atoms with E-state index in [4.69, 9.17) is 5.11 Å². The number of carbonyl (C=O) groups excluding carboxylic acids is 1. The Kier molecular flexibility index (Phi) is 5.55. The van der Waals surface area contributed by atoms with Gasteiger partial charge in [-0.15, -0.1) is 0 Å². The molecule has 0 spiro atoms. The SMILES string of the molecule is CCN(C(=O)CN1CCCC(C(=O)O)C1)c1cccc(C)c1. The van der Waals surface area contributed by atoms with Crippen molar-refractivity contribution in [3.8, 4) is 0 Å². The van der Waals surface area contributed by atoms with Crippen molar-refractivity contribution >= 4 is 17.6 Å². The maximum Gasteiger partial charge on any atom is 0.307 e. The Balaban J connectivity index is 2.02. The first kappa shape index (κ1) is 16.5. The molecule has 1 atom stereocenters. The maximum absolute atomic E-state index is 12.6. The summed E-state index contributed by atoms with van der Waals surface area (Å²) in [6.45, 7) is 6.11. The zero-order chi connectivity index (χ0) is 16.1. The van der Waals surface area contributed by atoms with Crippen molar-refractivity contribution in [1.29, 1.82) is 0 Å². The van der Waals surface area contributed by atoms with Crippen LogP contribution in [0, 0.1) is 12.8 Å². The Morgan fingerprint density at radius 2 is 2.18 bits per heavy atom. The highest BCUT2D eigenvalue weighted by molar-refractivity contribution is 5.94. The topological polar surface area (TPSA) is 60.9 Å². The van der Waals surface area contributed by atoms with Crippen LogP contribution >= 0.6 is 0 Å². The van der Waals surface area contributed by atoms with E-state index in [0.29, 0.717) is 19.5 Å². The van der Waals surface area contributed by atoms with Gasteiger partial charge >= 0.3 is 5.97 Å². The molecule has 1 aromatic carbocycles. The van der Waals surface area contributed by atoms with E-state index in [1.54, 1.807) is 4.90 Å². The zero-order valence-electron chi connectivity index (χ0n) is 13.3. The highest BCUT2D eigenvalue weighted by atomic mass is 16.4. The van der Waals surface area contributed by atoms with Crippen LogP contribution in [0.3, 0.4) is 0 Å². The zero-order valence-corrected chi connectivity index (χ0v) is 13.3. The van der Waals surface area contributed by atoms with Crippen LogP contribution in [0.4, 0.5) is 5.69 Å². The van der Waals surface area contributed by atoms with Gasteiger partial charge in [-0.25, -0.2) is 0 Å². The summed E-state index contributed by atoms with van der Waals surface area (Å²) in [5.74, 6) is -1.09. The summed E-state index contributed by atoms with van der Waals surface area (Å²) in [6, 6.07) is 7.88. The summed E-state index contributed by atoms with van der Waals surface area (Å²) in [5.41, 5.74) is 2.02. The molecule has 1 aliphatic rings. The van der Waals surface area contributed by atoms with Crippen molar-refractivity contribution in [2.24, 2.45) is 5.92 Å². The second-order valence-corrected chi connectivity index (χ2v) is 5.89. The van der Waals surface area contributed by atoms with E-state index in [0.717, 1.165) is 24.2 Å². The summed E-state index contributed by atoms with van der Waals surface area (Å²) in [4.78, 5) is 27.4. The minimum atomic E-state index is -0.761. The van der Waals surface area contributed by atoms with Crippen molar-refractivity contribution in [3.63, 3.8) is 0 Å². The number of likely N-dealkylation sites (N-methyl/N-ethyl adjacent to an activating group) is 1. The smallest absolute Gasteiger partial charge is 0.307 e. The third-order valence-corrected chi connectivity index (χ3v) is 4.14. The number of aliphatic carboxylic acids is 1. The largest absolute Gasteiger partial charge is 0.481 e. The van der Waals surface area contributed by atoms with Crippen molar-refractivity contribution < 1.29 is 14.7 Å². The second kappa shape index (κ2) is 7.40. The van der Waals surface area contributed by atoms with E-state index in [1.807, 2.05) is 43.0 Å². The van der Waals surface area contributed by atoms with Crippen LogP contribution in [0.2, 0.25) is 0 Å². The van der Waals surface area contributed by atoms with Crippen LogP contribution < -0.4 is 4.90 Å². The summed E-state index contributed by atoms with van der Waals surface area (Å²) in [6.07, 6.45) is 1.54. The normalized spacial score (nSPS) is 18.9. The van der Waals surface area contributed by atoms with Gasteiger partial charge in [-0.05, 0) is 50.9 Å². The highest BCUT2D eigenvalue weighted by Crippen LogP contribution is 2.19.